The molecule has 0 bridgehead atoms. The Bertz CT molecular complexity index is 316. The summed E-state index contributed by atoms with van der Waals surface area (Å²) in [5.41, 5.74) is 0. The molecular weight excluding hydrogens is 352 g/mol. The summed E-state index contributed by atoms with van der Waals surface area (Å²) < 4.78 is 0. The maximum absolute atomic E-state index is 9.85. The second-order valence-corrected chi connectivity index (χ2v) is 8.21. The van der Waals surface area contributed by atoms with Crippen molar-refractivity contribution in [2.75, 3.05) is 32.8 Å². The van der Waals surface area contributed by atoms with Gasteiger partial charge in [0.15, 0.2) is 5.34 Å². The maximum Gasteiger partial charge on any atom is 0.155 e. The smallest absolute Gasteiger partial charge is 0.155 e. The van der Waals surface area contributed by atoms with Gasteiger partial charge in [0.25, 0.3) is 0 Å². The predicted octanol–water partition coefficient (Wildman–Crippen LogP) is 6.49. The minimum absolute atomic E-state index is 0.281. The maximum atomic E-state index is 9.85. The summed E-state index contributed by atoms with van der Waals surface area (Å²) in [6, 6.07) is 0. The zero-order valence-electron chi connectivity index (χ0n) is 18.9. The van der Waals surface area contributed by atoms with Gasteiger partial charge in [0, 0.05) is 13.2 Å². The molecule has 0 aromatic heterocycles. The minimum atomic E-state index is 0.281. The highest BCUT2D eigenvalue weighted by Crippen LogP contribution is 2.19. The highest BCUT2D eigenvalue weighted by atomic mass is 16.7. The third kappa shape index (κ3) is 18.7. The monoisotopic (exact) mass is 400 g/mol. The molecule has 5 nitrogen and oxygen atoms in total. The van der Waals surface area contributed by atoms with Gasteiger partial charge in [-0.1, -0.05) is 78.1 Å². The van der Waals surface area contributed by atoms with Gasteiger partial charge in [0.2, 0.25) is 0 Å². The van der Waals surface area contributed by atoms with Crippen molar-refractivity contribution >= 4 is 0 Å². The standard InChI is InChI=1S/C23H48N2O3/c1-3-16-23(4-2)17-11-7-5-6-8-12-18-25(20-15-21-26)19-13-9-10-14-22-28-24-27/h23,26H,3-22H2,1-2H3. The van der Waals surface area contributed by atoms with Gasteiger partial charge in [-0.2, -0.15) is 0 Å². The fourth-order valence-electron chi connectivity index (χ4n) is 3.96. The molecule has 5 heteroatoms. The van der Waals surface area contributed by atoms with E-state index in [2.05, 4.69) is 28.9 Å². The summed E-state index contributed by atoms with van der Waals surface area (Å²) in [7, 11) is 0. The van der Waals surface area contributed by atoms with Gasteiger partial charge in [-0.3, -0.25) is 0 Å². The third-order valence-electron chi connectivity index (χ3n) is 5.76. The van der Waals surface area contributed by atoms with Crippen molar-refractivity contribution in [3.8, 4) is 0 Å². The van der Waals surface area contributed by atoms with E-state index in [0.29, 0.717) is 6.61 Å². The number of hydrogen-bond acceptors (Lipinski definition) is 5. The second kappa shape index (κ2) is 22.6. The lowest BCUT2D eigenvalue weighted by Crippen LogP contribution is -2.27. The lowest BCUT2D eigenvalue weighted by atomic mass is 9.94. The molecule has 1 N–H and O–H groups in total. The Hall–Kier alpha value is -0.680. The number of hydrogen-bond donors (Lipinski definition) is 1. The van der Waals surface area contributed by atoms with Crippen LogP contribution in [-0.4, -0.2) is 42.9 Å². The molecule has 0 aliphatic rings. The molecule has 0 fully saturated rings. The van der Waals surface area contributed by atoms with Gasteiger partial charge in [0.05, 0.1) is 0 Å². The van der Waals surface area contributed by atoms with Crippen LogP contribution in [0.2, 0.25) is 0 Å². The van der Waals surface area contributed by atoms with E-state index < -0.39 is 0 Å². The number of aliphatic hydroxyl groups excluding tert-OH is 1. The number of unbranched alkanes of at least 4 members (excludes halogenated alkanes) is 8. The van der Waals surface area contributed by atoms with Crippen molar-refractivity contribution in [2.24, 2.45) is 11.3 Å². The Morgan fingerprint density at radius 3 is 1.93 bits per heavy atom. The molecule has 0 aliphatic carbocycles. The predicted molar refractivity (Wildman–Crippen MR) is 119 cm³/mol. The van der Waals surface area contributed by atoms with Gasteiger partial charge in [-0.05, 0) is 51.1 Å². The average Bonchev–Trinajstić information content (AvgIpc) is 2.71. The van der Waals surface area contributed by atoms with Crippen LogP contribution >= 0.6 is 0 Å². The van der Waals surface area contributed by atoms with Crippen LogP contribution in [0.1, 0.15) is 110 Å². The van der Waals surface area contributed by atoms with Crippen molar-refractivity contribution in [1.82, 2.24) is 4.90 Å². The summed E-state index contributed by atoms with van der Waals surface area (Å²) in [5.74, 6) is 0.958. The summed E-state index contributed by atoms with van der Waals surface area (Å²) in [4.78, 5) is 16.8. The number of rotatable bonds is 23. The molecule has 0 aliphatic heterocycles. The van der Waals surface area contributed by atoms with E-state index >= 15 is 0 Å². The minimum Gasteiger partial charge on any atom is -0.396 e. The molecular formula is C23H48N2O3. The first kappa shape index (κ1) is 27.3. The van der Waals surface area contributed by atoms with Crippen molar-refractivity contribution in [1.29, 1.82) is 0 Å². The van der Waals surface area contributed by atoms with Gasteiger partial charge in [-0.15, -0.1) is 4.91 Å². The van der Waals surface area contributed by atoms with Crippen LogP contribution in [0.5, 0.6) is 0 Å². The van der Waals surface area contributed by atoms with E-state index in [4.69, 9.17) is 5.11 Å². The zero-order chi connectivity index (χ0) is 20.7. The van der Waals surface area contributed by atoms with Crippen molar-refractivity contribution in [3.05, 3.63) is 4.91 Å². The highest BCUT2D eigenvalue weighted by molar-refractivity contribution is 4.60. The molecule has 0 aromatic carbocycles. The molecule has 0 saturated heterocycles. The van der Waals surface area contributed by atoms with E-state index in [1.165, 1.54) is 70.6 Å². The lowest BCUT2D eigenvalue weighted by molar-refractivity contribution is 0.134. The van der Waals surface area contributed by atoms with Crippen LogP contribution in [0, 0.1) is 10.8 Å². The Morgan fingerprint density at radius 2 is 1.36 bits per heavy atom. The van der Waals surface area contributed by atoms with Gasteiger partial charge in [0.1, 0.15) is 6.61 Å². The van der Waals surface area contributed by atoms with Crippen LogP contribution in [0.4, 0.5) is 0 Å². The molecule has 0 radical (unpaired) electrons. The Morgan fingerprint density at radius 1 is 0.786 bits per heavy atom. The molecule has 0 aromatic rings. The van der Waals surface area contributed by atoms with Gasteiger partial charge >= 0.3 is 0 Å². The van der Waals surface area contributed by atoms with Crippen LogP contribution in [0.15, 0.2) is 5.34 Å². The van der Waals surface area contributed by atoms with E-state index in [-0.39, 0.29) is 6.61 Å². The van der Waals surface area contributed by atoms with Crippen molar-refractivity contribution in [3.63, 3.8) is 0 Å². The molecule has 1 unspecified atom stereocenters. The summed E-state index contributed by atoms with van der Waals surface area (Å²) in [5, 5.41) is 11.5. The SMILES string of the molecule is CCCC(CC)CCCCCCCCN(CCCO)CCCCCCON=O. The fraction of sp³-hybridized carbons (Fsp3) is 1.00. The Kier molecular flexibility index (Phi) is 22.1. The normalized spacial score (nSPS) is 12.4. The van der Waals surface area contributed by atoms with Gasteiger partial charge < -0.3 is 14.8 Å². The lowest BCUT2D eigenvalue weighted by Gasteiger charge is -2.22. The van der Waals surface area contributed by atoms with Gasteiger partial charge in [-0.25, -0.2) is 0 Å². The highest BCUT2D eigenvalue weighted by Gasteiger charge is 2.06. The first-order valence-corrected chi connectivity index (χ1v) is 12.1. The summed E-state index contributed by atoms with van der Waals surface area (Å²) >= 11 is 0. The van der Waals surface area contributed by atoms with E-state index in [1.807, 2.05) is 0 Å². The molecule has 0 spiro atoms. The second-order valence-electron chi connectivity index (χ2n) is 8.21. The van der Waals surface area contributed by atoms with Crippen LogP contribution in [-0.2, 0) is 4.84 Å². The largest absolute Gasteiger partial charge is 0.396 e. The molecule has 0 rings (SSSR count). The van der Waals surface area contributed by atoms with E-state index in [0.717, 1.165) is 51.2 Å². The molecule has 168 valence electrons. The quantitative estimate of drug-likeness (QED) is 0.121. The first-order chi connectivity index (χ1) is 13.8. The van der Waals surface area contributed by atoms with Crippen LogP contribution in [0.25, 0.3) is 0 Å². The van der Waals surface area contributed by atoms with Crippen molar-refractivity contribution < 1.29 is 9.94 Å². The first-order valence-electron chi connectivity index (χ1n) is 12.1. The fourth-order valence-corrected chi connectivity index (χ4v) is 3.96. The van der Waals surface area contributed by atoms with Crippen LogP contribution in [0.3, 0.4) is 0 Å². The van der Waals surface area contributed by atoms with E-state index in [1.54, 1.807) is 0 Å². The Balaban J connectivity index is 3.64. The third-order valence-corrected chi connectivity index (χ3v) is 5.76. The zero-order valence-corrected chi connectivity index (χ0v) is 18.9. The molecule has 1 atom stereocenters. The molecule has 0 heterocycles. The summed E-state index contributed by atoms with van der Waals surface area (Å²) in [6.45, 7) is 8.64. The van der Waals surface area contributed by atoms with Crippen LogP contribution < -0.4 is 0 Å². The topological polar surface area (TPSA) is 62.1 Å². The molecule has 28 heavy (non-hydrogen) atoms. The summed E-state index contributed by atoms with van der Waals surface area (Å²) in [6.07, 6.45) is 18.9. The Labute approximate surface area is 174 Å². The number of nitrogens with zero attached hydrogens (tertiary/aromatic N) is 2. The average molecular weight is 401 g/mol. The van der Waals surface area contributed by atoms with E-state index in [9.17, 15) is 4.91 Å². The molecule has 0 saturated carbocycles. The molecule has 0 amide bonds. The number of aliphatic hydroxyl groups is 1. The van der Waals surface area contributed by atoms with Crippen molar-refractivity contribution in [2.45, 2.75) is 110 Å².